The van der Waals surface area contributed by atoms with Crippen molar-refractivity contribution in [2.75, 3.05) is 13.6 Å². The number of carbonyl (C=O) groups is 9. The van der Waals surface area contributed by atoms with Crippen molar-refractivity contribution < 1.29 is 43.2 Å². The summed E-state index contributed by atoms with van der Waals surface area (Å²) in [6.45, 7) is 4.62. The minimum atomic E-state index is -1.94. The molecule has 1 aromatic heterocycles. The molecule has 3 fully saturated rings. The van der Waals surface area contributed by atoms with Gasteiger partial charge in [0.05, 0.1) is 18.5 Å². The third kappa shape index (κ3) is 10.9. The number of fused-ring (bicyclic) bond motifs is 2. The van der Waals surface area contributed by atoms with Gasteiger partial charge >= 0.3 is 6.03 Å². The van der Waals surface area contributed by atoms with Crippen LogP contribution in [0.5, 0.6) is 0 Å². The fraction of sp³-hybridized carbons (Fsp3) is 0.478. The highest BCUT2D eigenvalue weighted by Crippen LogP contribution is 2.39. The zero-order valence-electron chi connectivity index (χ0n) is 37.5. The van der Waals surface area contributed by atoms with Crippen LogP contribution in [0.25, 0.3) is 10.9 Å². The summed E-state index contributed by atoms with van der Waals surface area (Å²) in [6.07, 6.45) is 3.06. The Morgan fingerprint density at radius 1 is 0.788 bits per heavy atom. The van der Waals surface area contributed by atoms with Gasteiger partial charge in [-0.25, -0.2) is 4.79 Å². The number of amides is 10. The van der Waals surface area contributed by atoms with Gasteiger partial charge in [-0.2, -0.15) is 0 Å². The number of nitrogens with two attached hydrogens (primary N) is 1. The number of nitrogens with one attached hydrogen (secondary N) is 8. The number of aromatic nitrogens is 1. The van der Waals surface area contributed by atoms with Gasteiger partial charge in [0.25, 0.3) is 0 Å². The van der Waals surface area contributed by atoms with E-state index in [1.165, 1.54) is 20.2 Å². The number of imide groups is 1. The molecule has 0 radical (unpaired) electrons. The zero-order valence-corrected chi connectivity index (χ0v) is 37.5. The van der Waals surface area contributed by atoms with Crippen LogP contribution >= 0.6 is 0 Å². The number of urea groups is 1. The van der Waals surface area contributed by atoms with Gasteiger partial charge in [-0.05, 0) is 49.8 Å². The summed E-state index contributed by atoms with van der Waals surface area (Å²) < 4.78 is 0. The first kappa shape index (κ1) is 48.3. The molecule has 0 spiro atoms. The Balaban J connectivity index is 1.56. The van der Waals surface area contributed by atoms with E-state index >= 15 is 4.79 Å². The number of para-hydroxylation sites is 1. The Morgan fingerprint density at radius 3 is 2.11 bits per heavy atom. The van der Waals surface area contributed by atoms with Crippen LogP contribution < -0.4 is 43.0 Å². The molecule has 9 atom stereocenters. The van der Waals surface area contributed by atoms with Crippen molar-refractivity contribution in [1.29, 1.82) is 0 Å². The molecule has 0 aliphatic carbocycles. The molecular formula is C46H59N11O9. The molecule has 20 nitrogen and oxygen atoms in total. The number of benzene rings is 2. The van der Waals surface area contributed by atoms with E-state index in [0.717, 1.165) is 15.8 Å². The van der Waals surface area contributed by atoms with Crippen LogP contribution in [0.4, 0.5) is 4.79 Å². The Bertz CT molecular complexity index is 2350. The Kier molecular flexibility index (Phi) is 15.6. The molecule has 0 saturated carbocycles. The number of rotatable bonds is 12. The van der Waals surface area contributed by atoms with Crippen molar-refractivity contribution in [1.82, 2.24) is 47.1 Å². The zero-order chi connectivity index (χ0) is 47.7. The molecule has 3 aliphatic rings. The highest BCUT2D eigenvalue weighted by molar-refractivity contribution is 6.04. The van der Waals surface area contributed by atoms with Gasteiger partial charge in [-0.1, -0.05) is 75.2 Å². The van der Waals surface area contributed by atoms with Gasteiger partial charge in [0.15, 0.2) is 0 Å². The number of hydrogen-bond donors (Lipinski definition) is 9. The molecule has 10 N–H and O–H groups in total. The molecule has 3 aliphatic heterocycles. The molecule has 0 bridgehead atoms. The predicted molar refractivity (Wildman–Crippen MR) is 242 cm³/mol. The number of aliphatic imine (C=N–C) groups is 1. The van der Waals surface area contributed by atoms with E-state index in [0.29, 0.717) is 24.0 Å². The molecule has 2 aromatic carbocycles. The van der Waals surface area contributed by atoms with Crippen LogP contribution in [0.15, 0.2) is 65.8 Å². The quantitative estimate of drug-likeness (QED) is 0.0872. The summed E-state index contributed by atoms with van der Waals surface area (Å²) in [5, 5.41) is 19.8. The lowest BCUT2D eigenvalue weighted by atomic mass is 9.67. The second-order valence-electron chi connectivity index (χ2n) is 17.2. The number of primary amides is 1. The molecular weight excluding hydrogens is 851 g/mol. The molecule has 3 aromatic rings. The van der Waals surface area contributed by atoms with Crippen LogP contribution in [0.3, 0.4) is 0 Å². The molecule has 10 amide bonds. The van der Waals surface area contributed by atoms with Crippen molar-refractivity contribution >= 4 is 70.4 Å². The summed E-state index contributed by atoms with van der Waals surface area (Å²) in [4.78, 5) is 136. The van der Waals surface area contributed by atoms with Crippen molar-refractivity contribution in [3.05, 3.63) is 71.9 Å². The Morgan fingerprint density at radius 2 is 1.44 bits per heavy atom. The molecule has 1 unspecified atom stereocenters. The third-order valence-corrected chi connectivity index (χ3v) is 12.7. The summed E-state index contributed by atoms with van der Waals surface area (Å²) in [6, 6.07) is 5.59. The van der Waals surface area contributed by atoms with E-state index in [1.807, 2.05) is 31.2 Å². The van der Waals surface area contributed by atoms with Gasteiger partial charge in [0.1, 0.15) is 36.3 Å². The largest absolute Gasteiger partial charge is 0.368 e. The van der Waals surface area contributed by atoms with Gasteiger partial charge in [-0.15, -0.1) is 0 Å². The normalized spacial score (nSPS) is 27.6. The second-order valence-corrected chi connectivity index (χ2v) is 17.2. The summed E-state index contributed by atoms with van der Waals surface area (Å²) in [5.41, 5.74) is 6.21. The fourth-order valence-corrected chi connectivity index (χ4v) is 9.20. The average Bonchev–Trinajstić information content (AvgIpc) is 3.87. The van der Waals surface area contributed by atoms with Gasteiger partial charge in [0, 0.05) is 48.6 Å². The van der Waals surface area contributed by atoms with Crippen molar-refractivity contribution in [3.8, 4) is 0 Å². The average molecular weight is 910 g/mol. The van der Waals surface area contributed by atoms with Crippen molar-refractivity contribution in [2.45, 2.75) is 114 Å². The van der Waals surface area contributed by atoms with E-state index in [2.05, 4.69) is 47.2 Å². The number of carbonyl (C=O) groups excluding carboxylic acids is 9. The van der Waals surface area contributed by atoms with Gasteiger partial charge in [-0.3, -0.25) is 43.3 Å². The summed E-state index contributed by atoms with van der Waals surface area (Å²) in [7, 11) is 1.37. The molecule has 4 heterocycles. The van der Waals surface area contributed by atoms with Gasteiger partial charge < -0.3 is 52.9 Å². The van der Waals surface area contributed by atoms with Crippen LogP contribution in [-0.2, 0) is 51.2 Å². The van der Waals surface area contributed by atoms with Crippen molar-refractivity contribution in [2.24, 2.45) is 22.1 Å². The highest BCUT2D eigenvalue weighted by Gasteiger charge is 2.53. The maximum absolute atomic E-state index is 15.2. The lowest BCUT2D eigenvalue weighted by molar-refractivity contribution is -0.135. The van der Waals surface area contributed by atoms with E-state index in [9.17, 15) is 38.4 Å². The van der Waals surface area contributed by atoms with Crippen LogP contribution in [0.2, 0.25) is 0 Å². The Hall–Kier alpha value is -7.12. The van der Waals surface area contributed by atoms with E-state index in [1.54, 1.807) is 43.5 Å². The smallest absolute Gasteiger partial charge is 0.324 e. The number of hydrogen-bond acceptors (Lipinski definition) is 10. The molecule has 66 heavy (non-hydrogen) atoms. The number of unbranched alkanes of at least 4 members (excludes halogenated alkanes) is 1. The van der Waals surface area contributed by atoms with E-state index in [-0.39, 0.29) is 32.2 Å². The summed E-state index contributed by atoms with van der Waals surface area (Å²) >= 11 is 0. The Labute approximate surface area is 381 Å². The fourth-order valence-electron chi connectivity index (χ4n) is 9.20. The minimum Gasteiger partial charge on any atom is -0.368 e. The summed E-state index contributed by atoms with van der Waals surface area (Å²) in [5.74, 6) is -7.87. The maximum Gasteiger partial charge on any atom is 0.324 e. The van der Waals surface area contributed by atoms with E-state index in [4.69, 9.17) is 5.73 Å². The SMILES string of the molecule is CCCC[C@@H]([C@H]1CC2(/C=N\C)C[C@@H](C(N)=O)NC(=O)[C@H](Cc3c[nH]c4ccccc34)NC(=O)[C@H](CC)NC(=O)[C@@H](Cc3ccccc3)NC(=O)[C@H]2NC(=O)[C@@H](C)NC1=O)N1C(=O)CNC1=O. The van der Waals surface area contributed by atoms with Crippen molar-refractivity contribution in [3.63, 3.8) is 0 Å². The van der Waals surface area contributed by atoms with Crippen LogP contribution in [0.1, 0.15) is 70.4 Å². The molecule has 6 rings (SSSR count). The predicted octanol–water partition coefficient (Wildman–Crippen LogP) is -0.00170. The monoisotopic (exact) mass is 909 g/mol. The molecule has 3 saturated heterocycles. The van der Waals surface area contributed by atoms with Gasteiger partial charge in [0.2, 0.25) is 47.3 Å². The first-order valence-electron chi connectivity index (χ1n) is 22.3. The highest BCUT2D eigenvalue weighted by atomic mass is 16.2. The van der Waals surface area contributed by atoms with E-state index < -0.39 is 120 Å². The lowest BCUT2D eigenvalue weighted by Gasteiger charge is -2.43. The number of H-pyrrole nitrogens is 1. The minimum absolute atomic E-state index is 0.0702. The van der Waals surface area contributed by atoms with Crippen LogP contribution in [0, 0.1) is 11.3 Å². The lowest BCUT2D eigenvalue weighted by Crippen LogP contribution is -2.64. The molecule has 20 heteroatoms. The first-order chi connectivity index (χ1) is 31.6. The number of aromatic amines is 1. The topological polar surface area (TPSA) is 295 Å². The maximum atomic E-state index is 15.2. The third-order valence-electron chi connectivity index (χ3n) is 12.7. The standard InChI is InChI=1S/C46H59N11O9/c1-5-7-17-35(57-36(58)23-50-45(57)66)29-20-46(24-48-4)21-34(38(47)59)55-43(64)33(19-27-22-49-31-16-12-11-15-28(27)31)53-41(62)30(6-2)52-42(63)32(18-26-13-9-8-10-14-26)54-44(65)37(46)56-39(60)25(3)51-40(29)61/h8-16,22,24-25,29-30,32-35,37,49H,5-7,17-21,23H2,1-4H3,(H2,47,59)(H,50,66)(H,51,61)(H,52,63)(H,53,62)(H,54,65)(H,55,64)(H,56,60)/b48-24-/t25-,29-,30+,32-,33+,34+,35+,37-,46?/m1/s1. The first-order valence-corrected chi connectivity index (χ1v) is 22.3. The molecule has 352 valence electrons. The number of nitrogens with zero attached hydrogens (tertiary/aromatic N) is 2. The second kappa shape index (κ2) is 21.2. The van der Waals surface area contributed by atoms with Crippen LogP contribution in [-0.4, -0.2) is 125 Å².